The van der Waals surface area contributed by atoms with Gasteiger partial charge in [0.1, 0.15) is 6.04 Å². The van der Waals surface area contributed by atoms with Gasteiger partial charge >= 0.3 is 0 Å². The Morgan fingerprint density at radius 1 is 1.39 bits per heavy atom. The number of likely N-dealkylation sites (N-methyl/N-ethyl adjacent to an activating group) is 1. The van der Waals surface area contributed by atoms with Gasteiger partial charge in [0, 0.05) is 19.3 Å². The van der Waals surface area contributed by atoms with Gasteiger partial charge in [0.2, 0.25) is 5.91 Å². The Morgan fingerprint density at radius 3 is 2.61 bits per heavy atom. The summed E-state index contributed by atoms with van der Waals surface area (Å²) in [6.45, 7) is 3.90. The summed E-state index contributed by atoms with van der Waals surface area (Å²) in [7, 11) is 1.79. The number of amides is 1. The van der Waals surface area contributed by atoms with E-state index in [0.717, 1.165) is 12.2 Å². The Bertz CT molecular complexity index is 388. The molecule has 1 fully saturated rings. The van der Waals surface area contributed by atoms with Crippen molar-refractivity contribution in [2.45, 2.75) is 13.0 Å². The fourth-order valence-corrected chi connectivity index (χ4v) is 1.85. The number of ether oxygens (including phenoxy) is 1. The number of anilines is 1. The monoisotopic (exact) mass is 270 g/mol. The lowest BCUT2D eigenvalue weighted by atomic mass is 10.2. The highest BCUT2D eigenvalue weighted by atomic mass is 35.5. The van der Waals surface area contributed by atoms with E-state index in [0.29, 0.717) is 13.2 Å². The van der Waals surface area contributed by atoms with E-state index in [9.17, 15) is 4.79 Å². The van der Waals surface area contributed by atoms with E-state index in [-0.39, 0.29) is 24.4 Å². The van der Waals surface area contributed by atoms with Crippen molar-refractivity contribution in [3.8, 4) is 0 Å². The van der Waals surface area contributed by atoms with Crippen LogP contribution in [0, 0.1) is 6.92 Å². The zero-order valence-corrected chi connectivity index (χ0v) is 11.5. The van der Waals surface area contributed by atoms with Crippen LogP contribution >= 0.6 is 12.4 Å². The number of halogens is 1. The molecule has 0 spiro atoms. The first-order valence-electron chi connectivity index (χ1n) is 5.84. The van der Waals surface area contributed by atoms with Gasteiger partial charge < -0.3 is 15.0 Å². The van der Waals surface area contributed by atoms with Gasteiger partial charge in [0.25, 0.3) is 0 Å². The molecule has 0 radical (unpaired) electrons. The summed E-state index contributed by atoms with van der Waals surface area (Å²) in [5.74, 6) is 0.0496. The summed E-state index contributed by atoms with van der Waals surface area (Å²) in [5.41, 5.74) is 2.10. The summed E-state index contributed by atoms with van der Waals surface area (Å²) in [6, 6.07) is 7.69. The van der Waals surface area contributed by atoms with Crippen LogP contribution in [0.1, 0.15) is 5.56 Å². The van der Waals surface area contributed by atoms with Gasteiger partial charge in [0.05, 0.1) is 13.2 Å². The fourth-order valence-electron chi connectivity index (χ4n) is 1.85. The molecule has 1 unspecified atom stereocenters. The second-order valence-electron chi connectivity index (χ2n) is 4.31. The number of carbonyl (C=O) groups is 1. The van der Waals surface area contributed by atoms with Crippen LogP contribution in [0.3, 0.4) is 0 Å². The van der Waals surface area contributed by atoms with Crippen LogP contribution in [-0.4, -0.2) is 38.8 Å². The molecule has 0 bridgehead atoms. The first-order chi connectivity index (χ1) is 8.18. The summed E-state index contributed by atoms with van der Waals surface area (Å²) in [4.78, 5) is 13.8. The number of nitrogens with zero attached hydrogens (tertiary/aromatic N) is 1. The van der Waals surface area contributed by atoms with Crippen LogP contribution in [0.2, 0.25) is 0 Å². The zero-order chi connectivity index (χ0) is 12.3. The molecule has 0 aromatic heterocycles. The maximum absolute atomic E-state index is 12.2. The van der Waals surface area contributed by atoms with Crippen molar-refractivity contribution in [2.24, 2.45) is 0 Å². The van der Waals surface area contributed by atoms with E-state index < -0.39 is 0 Å². The molecule has 1 atom stereocenters. The molecule has 0 saturated carbocycles. The van der Waals surface area contributed by atoms with Gasteiger partial charge in [0.15, 0.2) is 0 Å². The summed E-state index contributed by atoms with van der Waals surface area (Å²) in [5, 5.41) is 3.16. The van der Waals surface area contributed by atoms with Crippen molar-refractivity contribution in [1.29, 1.82) is 0 Å². The molecule has 5 heteroatoms. The van der Waals surface area contributed by atoms with Crippen molar-refractivity contribution in [3.05, 3.63) is 29.8 Å². The summed E-state index contributed by atoms with van der Waals surface area (Å²) >= 11 is 0. The van der Waals surface area contributed by atoms with Crippen molar-refractivity contribution in [1.82, 2.24) is 5.32 Å². The van der Waals surface area contributed by atoms with Gasteiger partial charge in [-0.05, 0) is 19.1 Å². The quantitative estimate of drug-likeness (QED) is 0.883. The molecule has 1 amide bonds. The average molecular weight is 271 g/mol. The number of hydrogen-bond donors (Lipinski definition) is 1. The average Bonchev–Trinajstić information content (AvgIpc) is 2.39. The Balaban J connectivity index is 0.00000162. The lowest BCUT2D eigenvalue weighted by molar-refractivity contribution is -0.123. The molecule has 1 saturated heterocycles. The normalized spacial score (nSPS) is 18.9. The van der Waals surface area contributed by atoms with Crippen LogP contribution in [0.5, 0.6) is 0 Å². The second kappa shape index (κ2) is 6.73. The molecule has 1 N–H and O–H groups in total. The first kappa shape index (κ1) is 15.0. The fraction of sp³-hybridized carbons (Fsp3) is 0.462. The topological polar surface area (TPSA) is 41.6 Å². The highest BCUT2D eigenvalue weighted by Gasteiger charge is 2.24. The largest absolute Gasteiger partial charge is 0.378 e. The Kier molecular flexibility index (Phi) is 5.59. The summed E-state index contributed by atoms with van der Waals surface area (Å²) in [6.07, 6.45) is 0. The standard InChI is InChI=1S/C13H18N2O2.ClH/c1-10-3-5-11(6-4-10)15(2)13(16)12-9-17-8-7-14-12;/h3-6,12,14H,7-9H2,1-2H3;1H. The molecule has 100 valence electrons. The molecule has 0 aliphatic carbocycles. The molecule has 1 aliphatic rings. The predicted molar refractivity (Wildman–Crippen MR) is 74.4 cm³/mol. The highest BCUT2D eigenvalue weighted by molar-refractivity contribution is 5.96. The third-order valence-electron chi connectivity index (χ3n) is 2.97. The van der Waals surface area contributed by atoms with E-state index in [1.807, 2.05) is 31.2 Å². The molecule has 2 rings (SSSR count). The Hall–Kier alpha value is -1.10. The third-order valence-corrected chi connectivity index (χ3v) is 2.97. The number of aryl methyl sites for hydroxylation is 1. The van der Waals surface area contributed by atoms with Crippen LogP contribution in [0.4, 0.5) is 5.69 Å². The number of rotatable bonds is 2. The van der Waals surface area contributed by atoms with E-state index in [4.69, 9.17) is 4.74 Å². The van der Waals surface area contributed by atoms with E-state index in [1.54, 1.807) is 11.9 Å². The Labute approximate surface area is 114 Å². The lowest BCUT2D eigenvalue weighted by Gasteiger charge is -2.27. The minimum atomic E-state index is -0.227. The zero-order valence-electron chi connectivity index (χ0n) is 10.7. The maximum atomic E-state index is 12.2. The third kappa shape index (κ3) is 3.45. The molecule has 1 aromatic carbocycles. The SMILES string of the molecule is Cc1ccc(N(C)C(=O)C2COCCN2)cc1.Cl. The van der Waals surface area contributed by atoms with Gasteiger partial charge in [-0.15, -0.1) is 12.4 Å². The molecule has 18 heavy (non-hydrogen) atoms. The van der Waals surface area contributed by atoms with Gasteiger partial charge in [-0.25, -0.2) is 0 Å². The molecular formula is C13H19ClN2O2. The highest BCUT2D eigenvalue weighted by Crippen LogP contribution is 2.14. The molecule has 1 aromatic rings. The van der Waals surface area contributed by atoms with E-state index >= 15 is 0 Å². The van der Waals surface area contributed by atoms with Gasteiger partial charge in [-0.1, -0.05) is 17.7 Å². The van der Waals surface area contributed by atoms with Gasteiger partial charge in [-0.2, -0.15) is 0 Å². The molecule has 4 nitrogen and oxygen atoms in total. The molecular weight excluding hydrogens is 252 g/mol. The van der Waals surface area contributed by atoms with E-state index in [1.165, 1.54) is 5.56 Å². The van der Waals surface area contributed by atoms with E-state index in [2.05, 4.69) is 5.32 Å². The van der Waals surface area contributed by atoms with Crippen LogP contribution < -0.4 is 10.2 Å². The number of carbonyl (C=O) groups excluding carboxylic acids is 1. The minimum absolute atomic E-state index is 0. The second-order valence-corrected chi connectivity index (χ2v) is 4.31. The van der Waals surface area contributed by atoms with Crippen molar-refractivity contribution >= 4 is 24.0 Å². The summed E-state index contributed by atoms with van der Waals surface area (Å²) < 4.78 is 5.30. The van der Waals surface area contributed by atoms with Gasteiger partial charge in [-0.3, -0.25) is 4.79 Å². The number of morpholine rings is 1. The number of benzene rings is 1. The maximum Gasteiger partial charge on any atom is 0.246 e. The van der Waals surface area contributed by atoms with Crippen LogP contribution in [-0.2, 0) is 9.53 Å². The van der Waals surface area contributed by atoms with Crippen molar-refractivity contribution in [3.63, 3.8) is 0 Å². The number of hydrogen-bond acceptors (Lipinski definition) is 3. The minimum Gasteiger partial charge on any atom is -0.378 e. The van der Waals surface area contributed by atoms with Crippen molar-refractivity contribution in [2.75, 3.05) is 31.7 Å². The van der Waals surface area contributed by atoms with Crippen LogP contribution in [0.15, 0.2) is 24.3 Å². The smallest absolute Gasteiger partial charge is 0.246 e. The predicted octanol–water partition coefficient (Wildman–Crippen LogP) is 1.37. The lowest BCUT2D eigenvalue weighted by Crippen LogP contribution is -2.51. The Morgan fingerprint density at radius 2 is 2.06 bits per heavy atom. The first-order valence-corrected chi connectivity index (χ1v) is 5.84. The molecule has 1 heterocycles. The molecule has 1 aliphatic heterocycles. The van der Waals surface area contributed by atoms with Crippen LogP contribution in [0.25, 0.3) is 0 Å². The van der Waals surface area contributed by atoms with Crippen molar-refractivity contribution < 1.29 is 9.53 Å². The number of nitrogens with one attached hydrogen (secondary N) is 1.